The third kappa shape index (κ3) is 12.3. The summed E-state index contributed by atoms with van der Waals surface area (Å²) in [6.45, 7) is 4.85. The molecule has 0 fully saturated rings. The van der Waals surface area contributed by atoms with Crippen LogP contribution in [-0.2, 0) is 14.8 Å². The summed E-state index contributed by atoms with van der Waals surface area (Å²) in [5, 5.41) is 3.00. The molecule has 6 heteroatoms. The number of rotatable bonds is 13. The van der Waals surface area contributed by atoms with Gasteiger partial charge >= 0.3 is 0 Å². The van der Waals surface area contributed by atoms with Crippen LogP contribution in [0.15, 0.2) is 0 Å². The van der Waals surface area contributed by atoms with Gasteiger partial charge in [0.15, 0.2) is 0 Å². The van der Waals surface area contributed by atoms with E-state index in [-0.39, 0.29) is 5.75 Å². The Morgan fingerprint density at radius 2 is 1.72 bits per heavy atom. The average molecular weight is 280 g/mol. The van der Waals surface area contributed by atoms with Gasteiger partial charge in [-0.1, -0.05) is 13.3 Å². The van der Waals surface area contributed by atoms with Crippen LogP contribution < -0.4 is 10.0 Å². The molecule has 0 atom stereocenters. The molecule has 0 unspecified atom stereocenters. The first-order chi connectivity index (χ1) is 8.62. The van der Waals surface area contributed by atoms with E-state index >= 15 is 0 Å². The quantitative estimate of drug-likeness (QED) is 0.496. The lowest BCUT2D eigenvalue weighted by Crippen LogP contribution is -2.28. The molecule has 0 saturated carbocycles. The minimum Gasteiger partial charge on any atom is -0.381 e. The standard InChI is InChI=1S/C12H28N2O3S/c1-3-4-10-17-11-7-9-14-18(15,16)12-6-5-8-13-2/h13-14H,3-12H2,1-2H3. The number of hydrogen-bond acceptors (Lipinski definition) is 4. The Hall–Kier alpha value is -0.170. The first-order valence-electron chi connectivity index (χ1n) is 6.82. The molecule has 2 N–H and O–H groups in total. The monoisotopic (exact) mass is 280 g/mol. The molecule has 0 spiro atoms. The molecule has 0 aliphatic heterocycles. The normalized spacial score (nSPS) is 11.9. The molecule has 0 aliphatic carbocycles. The Labute approximate surface area is 112 Å². The molecule has 5 nitrogen and oxygen atoms in total. The highest BCUT2D eigenvalue weighted by Crippen LogP contribution is 1.94. The van der Waals surface area contributed by atoms with Crippen LogP contribution in [0, 0.1) is 0 Å². The van der Waals surface area contributed by atoms with Crippen LogP contribution in [0.3, 0.4) is 0 Å². The summed E-state index contributed by atoms with van der Waals surface area (Å²) in [7, 11) is -1.23. The fourth-order valence-electron chi connectivity index (χ4n) is 1.42. The van der Waals surface area contributed by atoms with Crippen LogP contribution in [0.2, 0.25) is 0 Å². The molecule has 18 heavy (non-hydrogen) atoms. The fraction of sp³-hybridized carbons (Fsp3) is 1.00. The van der Waals surface area contributed by atoms with Gasteiger partial charge in [-0.05, 0) is 39.3 Å². The molecule has 0 heterocycles. The first-order valence-corrected chi connectivity index (χ1v) is 8.47. The van der Waals surface area contributed by atoms with Crippen molar-refractivity contribution in [2.24, 2.45) is 0 Å². The number of hydrogen-bond donors (Lipinski definition) is 2. The Balaban J connectivity index is 3.41. The second-order valence-electron chi connectivity index (χ2n) is 4.34. The van der Waals surface area contributed by atoms with Crippen LogP contribution >= 0.6 is 0 Å². The summed E-state index contributed by atoms with van der Waals surface area (Å²) in [6.07, 6.45) is 4.51. The molecule has 0 rings (SSSR count). The maximum atomic E-state index is 11.6. The molecule has 0 aromatic carbocycles. The highest BCUT2D eigenvalue weighted by atomic mass is 32.2. The van der Waals surface area contributed by atoms with Crippen LogP contribution in [0.5, 0.6) is 0 Å². The van der Waals surface area contributed by atoms with Gasteiger partial charge in [-0.2, -0.15) is 0 Å². The summed E-state index contributed by atoms with van der Waals surface area (Å²) in [6, 6.07) is 0. The van der Waals surface area contributed by atoms with Crippen LogP contribution in [0.1, 0.15) is 39.0 Å². The Morgan fingerprint density at radius 3 is 2.39 bits per heavy atom. The van der Waals surface area contributed by atoms with Gasteiger partial charge in [0.1, 0.15) is 0 Å². The zero-order valence-electron chi connectivity index (χ0n) is 11.7. The topological polar surface area (TPSA) is 67.4 Å². The molecule has 110 valence electrons. The van der Waals surface area contributed by atoms with Gasteiger partial charge < -0.3 is 10.1 Å². The number of nitrogens with one attached hydrogen (secondary N) is 2. The highest BCUT2D eigenvalue weighted by Gasteiger charge is 2.08. The van der Waals surface area contributed by atoms with E-state index in [4.69, 9.17) is 4.74 Å². The largest absolute Gasteiger partial charge is 0.381 e. The Morgan fingerprint density at radius 1 is 1.00 bits per heavy atom. The summed E-state index contributed by atoms with van der Waals surface area (Å²) in [4.78, 5) is 0. The van der Waals surface area contributed by atoms with E-state index in [9.17, 15) is 8.42 Å². The van der Waals surface area contributed by atoms with Crippen LogP contribution in [0.4, 0.5) is 0 Å². The molecular weight excluding hydrogens is 252 g/mol. The highest BCUT2D eigenvalue weighted by molar-refractivity contribution is 7.89. The van der Waals surface area contributed by atoms with Gasteiger partial charge in [-0.3, -0.25) is 0 Å². The van der Waals surface area contributed by atoms with Crippen molar-refractivity contribution < 1.29 is 13.2 Å². The van der Waals surface area contributed by atoms with Gasteiger partial charge in [0.2, 0.25) is 10.0 Å². The van der Waals surface area contributed by atoms with E-state index in [0.29, 0.717) is 19.6 Å². The summed E-state index contributed by atoms with van der Waals surface area (Å²) in [5.41, 5.74) is 0. The van der Waals surface area contributed by atoms with Gasteiger partial charge in [-0.15, -0.1) is 0 Å². The fourth-order valence-corrected chi connectivity index (χ4v) is 2.60. The van der Waals surface area contributed by atoms with Crippen molar-refractivity contribution in [2.45, 2.75) is 39.0 Å². The lowest BCUT2D eigenvalue weighted by molar-refractivity contribution is 0.130. The van der Waals surface area contributed by atoms with Crippen molar-refractivity contribution >= 4 is 10.0 Å². The molecule has 0 radical (unpaired) electrons. The van der Waals surface area contributed by atoms with E-state index < -0.39 is 10.0 Å². The third-order valence-electron chi connectivity index (χ3n) is 2.52. The predicted molar refractivity (Wildman–Crippen MR) is 75.3 cm³/mol. The van der Waals surface area contributed by atoms with Crippen LogP contribution in [0.25, 0.3) is 0 Å². The van der Waals surface area contributed by atoms with E-state index in [0.717, 1.165) is 38.8 Å². The summed E-state index contributed by atoms with van der Waals surface area (Å²) in [5.74, 6) is 0.214. The molecule has 0 aliphatic rings. The third-order valence-corrected chi connectivity index (χ3v) is 3.99. The SMILES string of the molecule is CCCCOCCCNS(=O)(=O)CCCCNC. The van der Waals surface area contributed by atoms with Gasteiger partial charge in [0.05, 0.1) is 5.75 Å². The minimum absolute atomic E-state index is 0.214. The summed E-state index contributed by atoms with van der Waals surface area (Å²) >= 11 is 0. The van der Waals surface area contributed by atoms with Crippen molar-refractivity contribution in [3.63, 3.8) is 0 Å². The molecule has 0 saturated heterocycles. The molecule has 0 aromatic rings. The van der Waals surface area contributed by atoms with Crippen molar-refractivity contribution in [3.05, 3.63) is 0 Å². The van der Waals surface area contributed by atoms with Gasteiger partial charge in [-0.25, -0.2) is 13.1 Å². The van der Waals surface area contributed by atoms with E-state index in [1.807, 2.05) is 7.05 Å². The van der Waals surface area contributed by atoms with Gasteiger partial charge in [0, 0.05) is 19.8 Å². The lowest BCUT2D eigenvalue weighted by atomic mass is 10.3. The number of ether oxygens (including phenoxy) is 1. The molecule has 0 aromatic heterocycles. The van der Waals surface area contributed by atoms with Crippen molar-refractivity contribution in [2.75, 3.05) is 39.1 Å². The second-order valence-corrected chi connectivity index (χ2v) is 6.27. The first kappa shape index (κ1) is 17.8. The molecular formula is C12H28N2O3S. The zero-order valence-corrected chi connectivity index (χ0v) is 12.5. The zero-order chi connectivity index (χ0) is 13.7. The molecule has 0 bridgehead atoms. The smallest absolute Gasteiger partial charge is 0.211 e. The Bertz CT molecular complexity index is 268. The number of sulfonamides is 1. The minimum atomic E-state index is -3.09. The van der Waals surface area contributed by atoms with Crippen molar-refractivity contribution in [1.82, 2.24) is 10.0 Å². The van der Waals surface area contributed by atoms with Crippen molar-refractivity contribution in [3.8, 4) is 0 Å². The Kier molecular flexibility index (Phi) is 11.8. The van der Waals surface area contributed by atoms with Gasteiger partial charge in [0.25, 0.3) is 0 Å². The summed E-state index contributed by atoms with van der Waals surface area (Å²) < 4.78 is 31.1. The molecule has 0 amide bonds. The van der Waals surface area contributed by atoms with E-state index in [1.165, 1.54) is 0 Å². The number of unbranched alkanes of at least 4 members (excludes halogenated alkanes) is 2. The average Bonchev–Trinajstić information content (AvgIpc) is 2.34. The maximum absolute atomic E-state index is 11.6. The van der Waals surface area contributed by atoms with E-state index in [2.05, 4.69) is 17.0 Å². The van der Waals surface area contributed by atoms with Crippen LogP contribution in [-0.4, -0.2) is 47.5 Å². The second kappa shape index (κ2) is 11.9. The maximum Gasteiger partial charge on any atom is 0.211 e. The van der Waals surface area contributed by atoms with Crippen molar-refractivity contribution in [1.29, 1.82) is 0 Å². The lowest BCUT2D eigenvalue weighted by Gasteiger charge is -2.07. The van der Waals surface area contributed by atoms with E-state index in [1.54, 1.807) is 0 Å². The predicted octanol–water partition coefficient (Wildman–Crippen LogP) is 1.11.